The first-order chi connectivity index (χ1) is 15.4. The third-order valence-electron chi connectivity index (χ3n) is 7.23. The van der Waals surface area contributed by atoms with Crippen molar-refractivity contribution in [1.29, 1.82) is 0 Å². The zero-order valence-corrected chi connectivity index (χ0v) is 20.2. The first kappa shape index (κ1) is 21.2. The van der Waals surface area contributed by atoms with E-state index in [-0.39, 0.29) is 12.1 Å². The molecule has 1 aliphatic heterocycles. The van der Waals surface area contributed by atoms with Crippen molar-refractivity contribution in [1.82, 2.24) is 10.6 Å². The molecule has 0 aromatic heterocycles. The molecule has 1 atom stereocenters. The maximum absolute atomic E-state index is 3.76. The van der Waals surface area contributed by atoms with Crippen LogP contribution < -0.4 is 10.6 Å². The van der Waals surface area contributed by atoms with Crippen molar-refractivity contribution in [3.63, 3.8) is 0 Å². The molecular weight excluding hydrogens is 388 g/mol. The van der Waals surface area contributed by atoms with Crippen LogP contribution in [0.2, 0.25) is 0 Å². The third kappa shape index (κ3) is 3.34. The molecule has 0 radical (unpaired) electrons. The van der Waals surface area contributed by atoms with Crippen molar-refractivity contribution in [2.75, 3.05) is 13.1 Å². The normalized spacial score (nSPS) is 18.5. The Morgan fingerprint density at radius 2 is 1.22 bits per heavy atom. The van der Waals surface area contributed by atoms with E-state index < -0.39 is 0 Å². The average Bonchev–Trinajstić information content (AvgIpc) is 3.34. The largest absolute Gasteiger partial charge is 0.297 e. The number of rotatable bonds is 3. The van der Waals surface area contributed by atoms with Gasteiger partial charge in [0.15, 0.2) is 0 Å². The van der Waals surface area contributed by atoms with E-state index in [1.54, 1.807) is 0 Å². The summed E-state index contributed by atoms with van der Waals surface area (Å²) < 4.78 is 0. The van der Waals surface area contributed by atoms with Gasteiger partial charge in [-0.25, -0.2) is 0 Å². The zero-order chi connectivity index (χ0) is 22.6. The second kappa shape index (κ2) is 8.03. The molecule has 2 heteroatoms. The number of benzene rings is 3. The van der Waals surface area contributed by atoms with Crippen LogP contribution >= 0.6 is 0 Å². The van der Waals surface area contributed by atoms with Crippen LogP contribution in [0.25, 0.3) is 5.57 Å². The lowest BCUT2D eigenvalue weighted by Crippen LogP contribution is -2.35. The molecule has 3 aromatic carbocycles. The SMILES string of the molecule is Cc1cc(C)c(C2=C(C3NCCN3)C(c3c(C)cc(C)cc3C)c3ccccc32)c(C)c1. The van der Waals surface area contributed by atoms with E-state index >= 15 is 0 Å². The Kier molecular flexibility index (Phi) is 5.31. The van der Waals surface area contributed by atoms with Gasteiger partial charge in [-0.3, -0.25) is 10.6 Å². The third-order valence-corrected chi connectivity index (χ3v) is 7.23. The molecule has 32 heavy (non-hydrogen) atoms. The zero-order valence-electron chi connectivity index (χ0n) is 20.2. The molecule has 2 N–H and O–H groups in total. The van der Waals surface area contributed by atoms with Crippen LogP contribution in [0.4, 0.5) is 0 Å². The van der Waals surface area contributed by atoms with E-state index in [1.165, 1.54) is 66.8 Å². The molecule has 1 saturated heterocycles. The highest BCUT2D eigenvalue weighted by atomic mass is 15.2. The van der Waals surface area contributed by atoms with Gasteiger partial charge in [-0.1, -0.05) is 59.7 Å². The van der Waals surface area contributed by atoms with Gasteiger partial charge in [-0.2, -0.15) is 0 Å². The maximum atomic E-state index is 3.76. The molecule has 0 amide bonds. The van der Waals surface area contributed by atoms with E-state index in [1.807, 2.05) is 0 Å². The standard InChI is InChI=1S/C30H34N2/c1-17-13-19(3)25(20(4)14-17)27-23-9-7-8-10-24(23)28(29(27)30-31-11-12-32-30)26-21(5)15-18(2)16-22(26)6/h7-10,13-16,27,30-32H,11-12H2,1-6H3. The van der Waals surface area contributed by atoms with Crippen molar-refractivity contribution < 1.29 is 0 Å². The van der Waals surface area contributed by atoms with Crippen LogP contribution in [-0.4, -0.2) is 19.3 Å². The van der Waals surface area contributed by atoms with Crippen molar-refractivity contribution in [2.24, 2.45) is 0 Å². The summed E-state index contributed by atoms with van der Waals surface area (Å²) in [5.41, 5.74) is 16.7. The predicted octanol–water partition coefficient (Wildman–Crippen LogP) is 6.00. The van der Waals surface area contributed by atoms with E-state index in [0.717, 1.165) is 13.1 Å². The highest BCUT2D eigenvalue weighted by molar-refractivity contribution is 5.92. The summed E-state index contributed by atoms with van der Waals surface area (Å²) in [7, 11) is 0. The van der Waals surface area contributed by atoms with Crippen LogP contribution in [-0.2, 0) is 0 Å². The lowest BCUT2D eigenvalue weighted by atomic mass is 9.81. The number of fused-ring (bicyclic) bond motifs is 1. The molecule has 1 fully saturated rings. The Balaban J connectivity index is 1.87. The fourth-order valence-corrected chi connectivity index (χ4v) is 6.29. The predicted molar refractivity (Wildman–Crippen MR) is 135 cm³/mol. The van der Waals surface area contributed by atoms with Crippen LogP contribution in [0.15, 0.2) is 54.1 Å². The lowest BCUT2D eigenvalue weighted by Gasteiger charge is -2.27. The lowest BCUT2D eigenvalue weighted by molar-refractivity contribution is 0.605. The van der Waals surface area contributed by atoms with Crippen LogP contribution in [0.1, 0.15) is 61.6 Å². The summed E-state index contributed by atoms with van der Waals surface area (Å²) in [5, 5.41) is 7.53. The summed E-state index contributed by atoms with van der Waals surface area (Å²) in [6, 6.07) is 18.4. The molecule has 1 heterocycles. The minimum Gasteiger partial charge on any atom is -0.297 e. The first-order valence-corrected chi connectivity index (χ1v) is 11.8. The molecule has 2 nitrogen and oxygen atoms in total. The van der Waals surface area contributed by atoms with Gasteiger partial charge in [0.2, 0.25) is 0 Å². The topological polar surface area (TPSA) is 24.1 Å². The summed E-state index contributed by atoms with van der Waals surface area (Å²) in [6.45, 7) is 15.5. The van der Waals surface area contributed by atoms with Crippen molar-refractivity contribution in [2.45, 2.75) is 53.6 Å². The van der Waals surface area contributed by atoms with Gasteiger partial charge in [-0.05, 0) is 97.2 Å². The number of nitrogens with one attached hydrogen (secondary N) is 2. The molecule has 0 bridgehead atoms. The van der Waals surface area contributed by atoms with E-state index in [9.17, 15) is 0 Å². The highest BCUT2D eigenvalue weighted by Gasteiger charge is 2.39. The summed E-state index contributed by atoms with van der Waals surface area (Å²) in [6.07, 6.45) is 0.183. The van der Waals surface area contributed by atoms with Gasteiger partial charge < -0.3 is 0 Å². The second-order valence-corrected chi connectivity index (χ2v) is 9.78. The molecule has 5 rings (SSSR count). The van der Waals surface area contributed by atoms with Crippen molar-refractivity contribution in [3.05, 3.63) is 110 Å². The van der Waals surface area contributed by atoms with Gasteiger partial charge in [0.05, 0.1) is 6.17 Å². The Bertz CT molecular complexity index is 1200. The summed E-state index contributed by atoms with van der Waals surface area (Å²) in [4.78, 5) is 0. The van der Waals surface area contributed by atoms with Gasteiger partial charge in [0, 0.05) is 19.0 Å². The highest BCUT2D eigenvalue weighted by Crippen LogP contribution is 2.51. The van der Waals surface area contributed by atoms with Crippen LogP contribution in [0.5, 0.6) is 0 Å². The van der Waals surface area contributed by atoms with Gasteiger partial charge >= 0.3 is 0 Å². The fraction of sp³-hybridized carbons (Fsp3) is 0.333. The Hall–Kier alpha value is -2.68. The summed E-state index contributed by atoms with van der Waals surface area (Å²) >= 11 is 0. The Labute approximate surface area is 192 Å². The molecule has 164 valence electrons. The van der Waals surface area contributed by atoms with E-state index in [0.29, 0.717) is 0 Å². The first-order valence-electron chi connectivity index (χ1n) is 11.8. The number of aryl methyl sites for hydroxylation is 6. The number of hydrogen-bond donors (Lipinski definition) is 2. The van der Waals surface area contributed by atoms with E-state index in [2.05, 4.69) is 101 Å². The van der Waals surface area contributed by atoms with Gasteiger partial charge in [-0.15, -0.1) is 0 Å². The molecule has 1 unspecified atom stereocenters. The van der Waals surface area contributed by atoms with E-state index in [4.69, 9.17) is 0 Å². The molecule has 0 saturated carbocycles. The smallest absolute Gasteiger partial charge is 0.0813 e. The van der Waals surface area contributed by atoms with Crippen LogP contribution in [0, 0.1) is 41.5 Å². The van der Waals surface area contributed by atoms with Gasteiger partial charge in [0.1, 0.15) is 0 Å². The molecule has 0 spiro atoms. The van der Waals surface area contributed by atoms with Crippen molar-refractivity contribution >= 4 is 5.57 Å². The van der Waals surface area contributed by atoms with Crippen molar-refractivity contribution in [3.8, 4) is 0 Å². The second-order valence-electron chi connectivity index (χ2n) is 9.78. The Morgan fingerprint density at radius 1 is 0.688 bits per heavy atom. The van der Waals surface area contributed by atoms with Gasteiger partial charge in [0.25, 0.3) is 0 Å². The monoisotopic (exact) mass is 422 g/mol. The molecule has 3 aromatic rings. The quantitative estimate of drug-likeness (QED) is 0.541. The van der Waals surface area contributed by atoms with Crippen LogP contribution in [0.3, 0.4) is 0 Å². The molecule has 2 aliphatic rings. The minimum absolute atomic E-state index is 0.183. The Morgan fingerprint density at radius 3 is 1.81 bits per heavy atom. The maximum Gasteiger partial charge on any atom is 0.0813 e. The summed E-state index contributed by atoms with van der Waals surface area (Å²) in [5.74, 6) is 0.255. The average molecular weight is 423 g/mol. The fourth-order valence-electron chi connectivity index (χ4n) is 6.29. The molecular formula is C30H34N2. The minimum atomic E-state index is 0.183. The number of hydrogen-bond acceptors (Lipinski definition) is 2. The molecule has 1 aliphatic carbocycles.